The van der Waals surface area contributed by atoms with Gasteiger partial charge in [-0.15, -0.1) is 5.10 Å². The molecule has 0 bridgehead atoms. The summed E-state index contributed by atoms with van der Waals surface area (Å²) in [5.74, 6) is 0.164. The molecule has 138 valence electrons. The normalized spacial score (nSPS) is 15.0. The number of aliphatic hydroxyl groups excluding tert-OH is 1. The lowest BCUT2D eigenvalue weighted by Gasteiger charge is -2.12. The second kappa shape index (κ2) is 7.16. The van der Waals surface area contributed by atoms with Gasteiger partial charge in [0.1, 0.15) is 18.5 Å². The van der Waals surface area contributed by atoms with E-state index in [2.05, 4.69) is 10.1 Å². The van der Waals surface area contributed by atoms with Crippen LogP contribution in [0.5, 0.6) is 0 Å². The number of hydrogen-bond donors (Lipinski definition) is 1. The number of carbonyl (C=O) groups excluding carboxylic acids is 1. The van der Waals surface area contributed by atoms with Crippen molar-refractivity contribution in [3.05, 3.63) is 77.6 Å². The molecule has 8 heteroatoms. The number of halogens is 1. The van der Waals surface area contributed by atoms with Gasteiger partial charge in [0.25, 0.3) is 0 Å². The predicted molar refractivity (Wildman–Crippen MR) is 93.6 cm³/mol. The third-order valence-electron chi connectivity index (χ3n) is 4.28. The molecule has 1 amide bonds. The Morgan fingerprint density at radius 2 is 2.00 bits per heavy atom. The zero-order valence-corrected chi connectivity index (χ0v) is 14.3. The molecule has 7 nitrogen and oxygen atoms in total. The fourth-order valence-electron chi connectivity index (χ4n) is 2.92. The molecule has 4 rings (SSSR count). The molecule has 0 unspecified atom stereocenters. The summed E-state index contributed by atoms with van der Waals surface area (Å²) >= 11 is 0. The Balaban J connectivity index is 1.73. The third-order valence-corrected chi connectivity index (χ3v) is 4.28. The Morgan fingerprint density at radius 1 is 1.19 bits per heavy atom. The Hall–Kier alpha value is -3.26. The minimum Gasteiger partial charge on any atom is -0.448 e. The van der Waals surface area contributed by atoms with Crippen molar-refractivity contribution in [3.63, 3.8) is 0 Å². The Morgan fingerprint density at radius 3 is 2.70 bits per heavy atom. The predicted octanol–water partition coefficient (Wildman–Crippen LogP) is 2.44. The molecular weight excluding hydrogens is 351 g/mol. The van der Waals surface area contributed by atoms with E-state index in [1.165, 1.54) is 21.7 Å². The van der Waals surface area contributed by atoms with Gasteiger partial charge in [-0.25, -0.2) is 18.9 Å². The molecule has 2 heterocycles. The van der Waals surface area contributed by atoms with Crippen LogP contribution in [0.2, 0.25) is 0 Å². The first-order chi connectivity index (χ1) is 13.1. The summed E-state index contributed by atoms with van der Waals surface area (Å²) in [5.41, 5.74) is 1.10. The van der Waals surface area contributed by atoms with Crippen molar-refractivity contribution in [1.29, 1.82) is 0 Å². The largest absolute Gasteiger partial charge is 0.448 e. The summed E-state index contributed by atoms with van der Waals surface area (Å²) in [5, 5.41) is 15.0. The van der Waals surface area contributed by atoms with Crippen molar-refractivity contribution in [2.24, 2.45) is 0 Å². The lowest BCUT2D eigenvalue weighted by atomic mass is 10.1. The Labute approximate surface area is 154 Å². The first-order valence-corrected chi connectivity index (χ1v) is 8.48. The van der Waals surface area contributed by atoms with Gasteiger partial charge < -0.3 is 9.84 Å². The molecule has 0 radical (unpaired) electrons. The molecule has 1 N–H and O–H groups in total. The van der Waals surface area contributed by atoms with Gasteiger partial charge in [-0.3, -0.25) is 4.90 Å². The van der Waals surface area contributed by atoms with Crippen molar-refractivity contribution >= 4 is 6.09 Å². The minimum atomic E-state index is -1.04. The molecule has 1 aliphatic rings. The van der Waals surface area contributed by atoms with E-state index in [9.17, 15) is 14.3 Å². The van der Waals surface area contributed by atoms with Crippen LogP contribution in [0.25, 0.3) is 5.69 Å². The lowest BCUT2D eigenvalue weighted by Crippen LogP contribution is -2.25. The quantitative estimate of drug-likeness (QED) is 0.748. The number of aliphatic hydroxyl groups is 1. The number of hydrogen-bond acceptors (Lipinski definition) is 5. The van der Waals surface area contributed by atoms with Crippen LogP contribution >= 0.6 is 0 Å². The fourth-order valence-corrected chi connectivity index (χ4v) is 2.92. The fraction of sp³-hybridized carbons (Fsp3) is 0.211. The highest BCUT2D eigenvalue weighted by molar-refractivity contribution is 5.69. The zero-order valence-electron chi connectivity index (χ0n) is 14.3. The SMILES string of the molecule is O=C1OCCN1Cc1nc([C@@H](O)c2ccccc2)nn1-c1cccc(F)c1. The number of ether oxygens (including phenoxy) is 1. The number of rotatable bonds is 5. The first kappa shape index (κ1) is 17.2. The number of cyclic esters (lactones) is 1. The molecule has 0 aliphatic carbocycles. The van der Waals surface area contributed by atoms with E-state index >= 15 is 0 Å². The molecule has 1 atom stereocenters. The van der Waals surface area contributed by atoms with Crippen LogP contribution in [0, 0.1) is 5.82 Å². The topological polar surface area (TPSA) is 80.5 Å². The Kier molecular flexibility index (Phi) is 4.55. The summed E-state index contributed by atoms with van der Waals surface area (Å²) in [6, 6.07) is 14.9. The number of benzene rings is 2. The highest BCUT2D eigenvalue weighted by Crippen LogP contribution is 2.22. The van der Waals surface area contributed by atoms with Gasteiger partial charge in [-0.2, -0.15) is 0 Å². The summed E-state index contributed by atoms with van der Waals surface area (Å²) in [6.45, 7) is 0.891. The number of aromatic nitrogens is 3. The van der Waals surface area contributed by atoms with Crippen LogP contribution in [-0.4, -0.2) is 44.0 Å². The molecular formula is C19H17FN4O3. The molecule has 1 aromatic heterocycles. The maximum Gasteiger partial charge on any atom is 0.410 e. The van der Waals surface area contributed by atoms with Crippen molar-refractivity contribution < 1.29 is 19.0 Å². The third kappa shape index (κ3) is 3.52. The molecule has 3 aromatic rings. The summed E-state index contributed by atoms with van der Waals surface area (Å²) in [7, 11) is 0. The van der Waals surface area contributed by atoms with Crippen molar-refractivity contribution in [1.82, 2.24) is 19.7 Å². The number of nitrogens with zero attached hydrogens (tertiary/aromatic N) is 4. The second-order valence-electron chi connectivity index (χ2n) is 6.13. The standard InChI is InChI=1S/C19H17FN4O3/c20-14-7-4-8-15(11-14)24-16(12-23-9-10-27-19(23)26)21-18(22-24)17(25)13-5-2-1-3-6-13/h1-8,11,17,25H,9-10,12H2/t17-/m0/s1. The highest BCUT2D eigenvalue weighted by Gasteiger charge is 2.26. The van der Waals surface area contributed by atoms with Gasteiger partial charge in [0.05, 0.1) is 18.8 Å². The highest BCUT2D eigenvalue weighted by atomic mass is 19.1. The van der Waals surface area contributed by atoms with Crippen LogP contribution in [0.15, 0.2) is 54.6 Å². The van der Waals surface area contributed by atoms with E-state index in [1.807, 2.05) is 18.2 Å². The average molecular weight is 368 g/mol. The second-order valence-corrected chi connectivity index (χ2v) is 6.13. The van der Waals surface area contributed by atoms with Gasteiger partial charge in [-0.05, 0) is 23.8 Å². The van der Waals surface area contributed by atoms with E-state index in [4.69, 9.17) is 4.74 Å². The maximum absolute atomic E-state index is 13.7. The van der Waals surface area contributed by atoms with E-state index in [-0.39, 0.29) is 12.4 Å². The zero-order chi connectivity index (χ0) is 18.8. The summed E-state index contributed by atoms with van der Waals surface area (Å²) in [6.07, 6.45) is -1.47. The van der Waals surface area contributed by atoms with Crippen LogP contribution in [0.3, 0.4) is 0 Å². The monoisotopic (exact) mass is 368 g/mol. The molecule has 27 heavy (non-hydrogen) atoms. The van der Waals surface area contributed by atoms with Crippen molar-refractivity contribution in [2.75, 3.05) is 13.2 Å². The number of amides is 1. The summed E-state index contributed by atoms with van der Waals surface area (Å²) < 4.78 is 20.1. The smallest absolute Gasteiger partial charge is 0.410 e. The molecule has 2 aromatic carbocycles. The lowest BCUT2D eigenvalue weighted by molar-refractivity contribution is 0.156. The van der Waals surface area contributed by atoms with Gasteiger partial charge in [0.15, 0.2) is 11.6 Å². The van der Waals surface area contributed by atoms with Gasteiger partial charge in [0.2, 0.25) is 0 Å². The van der Waals surface area contributed by atoms with Crippen LogP contribution in [-0.2, 0) is 11.3 Å². The van der Waals surface area contributed by atoms with Gasteiger partial charge in [-0.1, -0.05) is 36.4 Å². The molecule has 1 aliphatic heterocycles. The molecule has 0 spiro atoms. The van der Waals surface area contributed by atoms with Gasteiger partial charge >= 0.3 is 6.09 Å². The van der Waals surface area contributed by atoms with Crippen LogP contribution < -0.4 is 0 Å². The Bertz CT molecular complexity index is 961. The van der Waals surface area contributed by atoms with E-state index in [0.29, 0.717) is 30.2 Å². The van der Waals surface area contributed by atoms with Crippen molar-refractivity contribution in [3.8, 4) is 5.69 Å². The van der Waals surface area contributed by atoms with Crippen molar-refractivity contribution in [2.45, 2.75) is 12.6 Å². The maximum atomic E-state index is 13.7. The summed E-state index contributed by atoms with van der Waals surface area (Å²) in [4.78, 5) is 17.7. The van der Waals surface area contributed by atoms with E-state index in [0.717, 1.165) is 0 Å². The number of carbonyl (C=O) groups is 1. The first-order valence-electron chi connectivity index (χ1n) is 8.48. The average Bonchev–Trinajstić information content (AvgIpc) is 3.29. The molecule has 1 saturated heterocycles. The van der Waals surface area contributed by atoms with E-state index in [1.54, 1.807) is 24.3 Å². The molecule has 0 saturated carbocycles. The van der Waals surface area contributed by atoms with E-state index < -0.39 is 18.0 Å². The molecule has 1 fully saturated rings. The van der Waals surface area contributed by atoms with Crippen LogP contribution in [0.4, 0.5) is 9.18 Å². The van der Waals surface area contributed by atoms with Crippen LogP contribution in [0.1, 0.15) is 23.3 Å². The van der Waals surface area contributed by atoms with Gasteiger partial charge in [0, 0.05) is 0 Å². The minimum absolute atomic E-state index is 0.143.